The maximum atomic E-state index is 5.95. The minimum Gasteiger partial charge on any atom is -0.454 e. The van der Waals surface area contributed by atoms with Gasteiger partial charge in [-0.1, -0.05) is 25.1 Å². The number of benzene rings is 1. The van der Waals surface area contributed by atoms with Crippen LogP contribution in [-0.4, -0.2) is 16.5 Å². The minimum absolute atomic E-state index is 0.722. The van der Waals surface area contributed by atoms with Gasteiger partial charge < -0.3 is 10.1 Å². The third-order valence-corrected chi connectivity index (χ3v) is 3.23. The quantitative estimate of drug-likeness (QED) is 0.776. The number of pyridine rings is 2. The van der Waals surface area contributed by atoms with E-state index in [0.717, 1.165) is 41.1 Å². The third-order valence-electron chi connectivity index (χ3n) is 3.23. The Kier molecular flexibility index (Phi) is 4.07. The maximum Gasteiger partial charge on any atom is 0.150 e. The Morgan fingerprint density at radius 3 is 2.95 bits per heavy atom. The third kappa shape index (κ3) is 3.17. The summed E-state index contributed by atoms with van der Waals surface area (Å²) in [5.41, 5.74) is 2.05. The van der Waals surface area contributed by atoms with Crippen molar-refractivity contribution in [2.45, 2.75) is 13.5 Å². The summed E-state index contributed by atoms with van der Waals surface area (Å²) in [7, 11) is 0. The number of nitrogens with zero attached hydrogens (tertiary/aromatic N) is 2. The van der Waals surface area contributed by atoms with Crippen molar-refractivity contribution in [1.82, 2.24) is 15.3 Å². The van der Waals surface area contributed by atoms with E-state index in [1.807, 2.05) is 36.4 Å². The highest BCUT2D eigenvalue weighted by Crippen LogP contribution is 2.26. The minimum atomic E-state index is 0.722. The number of hydrogen-bond acceptors (Lipinski definition) is 4. The molecule has 0 saturated heterocycles. The summed E-state index contributed by atoms with van der Waals surface area (Å²) in [5, 5.41) is 4.36. The Balaban J connectivity index is 1.87. The molecule has 0 unspecified atom stereocenters. The Morgan fingerprint density at radius 2 is 2.05 bits per heavy atom. The summed E-state index contributed by atoms with van der Waals surface area (Å²) in [6, 6.07) is 11.9. The first-order valence-electron chi connectivity index (χ1n) is 7.03. The molecule has 2 aromatic heterocycles. The molecule has 2 heterocycles. The molecule has 4 heteroatoms. The van der Waals surface area contributed by atoms with Gasteiger partial charge in [-0.05, 0) is 24.7 Å². The Morgan fingerprint density at radius 1 is 1.14 bits per heavy atom. The molecule has 0 fully saturated rings. The van der Waals surface area contributed by atoms with E-state index in [1.165, 1.54) is 0 Å². The van der Waals surface area contributed by atoms with Gasteiger partial charge in [0, 0.05) is 23.7 Å². The molecule has 0 spiro atoms. The number of hydrogen-bond donors (Lipinski definition) is 1. The van der Waals surface area contributed by atoms with Crippen molar-refractivity contribution in [3.8, 4) is 11.5 Å². The summed E-state index contributed by atoms with van der Waals surface area (Å²) < 4.78 is 5.95. The zero-order valence-corrected chi connectivity index (χ0v) is 11.9. The zero-order chi connectivity index (χ0) is 14.5. The zero-order valence-electron chi connectivity index (χ0n) is 11.9. The van der Waals surface area contributed by atoms with E-state index in [9.17, 15) is 0 Å². The highest BCUT2D eigenvalue weighted by Gasteiger charge is 2.05. The maximum absolute atomic E-state index is 5.95. The van der Waals surface area contributed by atoms with Crippen molar-refractivity contribution in [2.24, 2.45) is 0 Å². The Hall–Kier alpha value is -2.46. The molecular formula is C17H17N3O. The van der Waals surface area contributed by atoms with Gasteiger partial charge in [0.05, 0.1) is 17.9 Å². The second-order valence-electron chi connectivity index (χ2n) is 4.73. The average molecular weight is 279 g/mol. The van der Waals surface area contributed by atoms with Crippen LogP contribution in [-0.2, 0) is 6.54 Å². The van der Waals surface area contributed by atoms with E-state index in [1.54, 1.807) is 18.6 Å². The SMILES string of the molecule is CCNCc1ccncc1Oc1cnc2ccccc2c1. The van der Waals surface area contributed by atoms with Crippen LogP contribution < -0.4 is 10.1 Å². The van der Waals surface area contributed by atoms with Crippen LogP contribution in [0.1, 0.15) is 12.5 Å². The van der Waals surface area contributed by atoms with Gasteiger partial charge in [-0.25, -0.2) is 0 Å². The molecule has 4 nitrogen and oxygen atoms in total. The molecule has 106 valence electrons. The van der Waals surface area contributed by atoms with Gasteiger partial charge in [0.25, 0.3) is 0 Å². The van der Waals surface area contributed by atoms with Crippen molar-refractivity contribution in [2.75, 3.05) is 6.54 Å². The van der Waals surface area contributed by atoms with Gasteiger partial charge in [0.2, 0.25) is 0 Å². The molecule has 1 N–H and O–H groups in total. The van der Waals surface area contributed by atoms with Crippen LogP contribution in [0.25, 0.3) is 10.9 Å². The van der Waals surface area contributed by atoms with E-state index in [4.69, 9.17) is 4.74 Å². The molecule has 21 heavy (non-hydrogen) atoms. The number of para-hydroxylation sites is 1. The van der Waals surface area contributed by atoms with Crippen molar-refractivity contribution < 1.29 is 4.74 Å². The molecule has 3 aromatic rings. The van der Waals surface area contributed by atoms with Crippen LogP contribution in [0.5, 0.6) is 11.5 Å². The number of aromatic nitrogens is 2. The fourth-order valence-corrected chi connectivity index (χ4v) is 2.14. The largest absolute Gasteiger partial charge is 0.454 e. The molecule has 0 saturated carbocycles. The molecule has 0 bridgehead atoms. The fourth-order valence-electron chi connectivity index (χ4n) is 2.14. The molecule has 0 aliphatic rings. The summed E-state index contributed by atoms with van der Waals surface area (Å²) >= 11 is 0. The van der Waals surface area contributed by atoms with Gasteiger partial charge in [0.1, 0.15) is 11.5 Å². The molecule has 0 radical (unpaired) electrons. The highest BCUT2D eigenvalue weighted by molar-refractivity contribution is 5.79. The molecule has 0 aliphatic carbocycles. The smallest absolute Gasteiger partial charge is 0.150 e. The van der Waals surface area contributed by atoms with Gasteiger partial charge >= 0.3 is 0 Å². The van der Waals surface area contributed by atoms with Crippen molar-refractivity contribution >= 4 is 10.9 Å². The van der Waals surface area contributed by atoms with Gasteiger partial charge in [-0.2, -0.15) is 0 Å². The van der Waals surface area contributed by atoms with Crippen LogP contribution in [0, 0.1) is 0 Å². The predicted molar refractivity (Wildman–Crippen MR) is 83.4 cm³/mol. The lowest BCUT2D eigenvalue weighted by molar-refractivity contribution is 0.469. The Bertz CT molecular complexity index is 743. The lowest BCUT2D eigenvalue weighted by Gasteiger charge is -2.11. The van der Waals surface area contributed by atoms with E-state index >= 15 is 0 Å². The number of rotatable bonds is 5. The van der Waals surface area contributed by atoms with Crippen LogP contribution in [0.3, 0.4) is 0 Å². The molecule has 1 aromatic carbocycles. The van der Waals surface area contributed by atoms with Crippen molar-refractivity contribution in [3.63, 3.8) is 0 Å². The topological polar surface area (TPSA) is 47.0 Å². The first-order valence-corrected chi connectivity index (χ1v) is 7.03. The van der Waals surface area contributed by atoms with Gasteiger partial charge in [-0.3, -0.25) is 9.97 Å². The van der Waals surface area contributed by atoms with Crippen LogP contribution >= 0.6 is 0 Å². The highest BCUT2D eigenvalue weighted by atomic mass is 16.5. The normalized spacial score (nSPS) is 10.7. The molecule has 0 amide bonds. The monoisotopic (exact) mass is 279 g/mol. The molecule has 3 rings (SSSR count). The number of fused-ring (bicyclic) bond motifs is 1. The summed E-state index contributed by atoms with van der Waals surface area (Å²) in [5.74, 6) is 1.48. The van der Waals surface area contributed by atoms with E-state index in [2.05, 4.69) is 22.2 Å². The molecule has 0 atom stereocenters. The lowest BCUT2D eigenvalue weighted by atomic mass is 10.2. The first kappa shape index (κ1) is 13.5. The van der Waals surface area contributed by atoms with E-state index < -0.39 is 0 Å². The van der Waals surface area contributed by atoms with Crippen LogP contribution in [0.15, 0.2) is 55.0 Å². The van der Waals surface area contributed by atoms with E-state index in [0.29, 0.717) is 0 Å². The Labute approximate surface area is 123 Å². The first-order chi connectivity index (χ1) is 10.4. The summed E-state index contributed by atoms with van der Waals surface area (Å²) in [4.78, 5) is 8.55. The van der Waals surface area contributed by atoms with Gasteiger partial charge in [-0.15, -0.1) is 0 Å². The standard InChI is InChI=1S/C17H17N3O/c1-2-18-10-14-7-8-19-12-17(14)21-15-9-13-5-3-4-6-16(13)20-11-15/h3-9,11-12,18H,2,10H2,1H3. The number of ether oxygens (including phenoxy) is 1. The molecule has 0 aliphatic heterocycles. The number of nitrogens with one attached hydrogen (secondary N) is 1. The molecular weight excluding hydrogens is 262 g/mol. The second kappa shape index (κ2) is 6.33. The van der Waals surface area contributed by atoms with Crippen LogP contribution in [0.2, 0.25) is 0 Å². The predicted octanol–water partition coefficient (Wildman–Crippen LogP) is 3.53. The summed E-state index contributed by atoms with van der Waals surface area (Å²) in [6.45, 7) is 3.75. The second-order valence-corrected chi connectivity index (χ2v) is 4.73. The average Bonchev–Trinajstić information content (AvgIpc) is 2.54. The van der Waals surface area contributed by atoms with Crippen molar-refractivity contribution in [3.05, 3.63) is 60.6 Å². The summed E-state index contributed by atoms with van der Waals surface area (Å²) in [6.07, 6.45) is 5.26. The fraction of sp³-hybridized carbons (Fsp3) is 0.176. The van der Waals surface area contributed by atoms with Gasteiger partial charge in [0.15, 0.2) is 0 Å². The van der Waals surface area contributed by atoms with Crippen molar-refractivity contribution in [1.29, 1.82) is 0 Å². The van der Waals surface area contributed by atoms with E-state index in [-0.39, 0.29) is 0 Å². The van der Waals surface area contributed by atoms with Crippen LogP contribution in [0.4, 0.5) is 0 Å². The lowest BCUT2D eigenvalue weighted by Crippen LogP contribution is -2.12.